The Morgan fingerprint density at radius 3 is 2.94 bits per heavy atom. The molecule has 0 spiro atoms. The number of carboxylic acids is 1. The lowest BCUT2D eigenvalue weighted by molar-refractivity contribution is -0.139. The summed E-state index contributed by atoms with van der Waals surface area (Å²) in [6.07, 6.45) is 0.785. The van der Waals surface area contributed by atoms with Crippen LogP contribution < -0.4 is 5.32 Å². The molecular formula is C12H13NO3S. The Balaban J connectivity index is 1.97. The Morgan fingerprint density at radius 2 is 2.18 bits per heavy atom. The van der Waals surface area contributed by atoms with Crippen LogP contribution in [0.5, 0.6) is 0 Å². The number of nitrogens with one attached hydrogen (secondary N) is 1. The lowest BCUT2D eigenvalue weighted by atomic mass is 10.1. The summed E-state index contributed by atoms with van der Waals surface area (Å²) in [5, 5.41) is 12.2. The molecule has 1 aromatic carbocycles. The van der Waals surface area contributed by atoms with E-state index in [0.717, 1.165) is 12.0 Å². The van der Waals surface area contributed by atoms with E-state index in [1.165, 1.54) is 5.56 Å². The van der Waals surface area contributed by atoms with Gasteiger partial charge in [0.1, 0.15) is 6.04 Å². The maximum Gasteiger partial charge on any atom is 0.321 e. The van der Waals surface area contributed by atoms with Gasteiger partial charge in [0, 0.05) is 16.8 Å². The molecule has 4 atom stereocenters. The molecule has 90 valence electrons. The first-order valence-electron chi connectivity index (χ1n) is 5.60. The zero-order valence-corrected chi connectivity index (χ0v) is 9.94. The average molecular weight is 251 g/mol. The van der Waals surface area contributed by atoms with Crippen molar-refractivity contribution in [3.63, 3.8) is 0 Å². The lowest BCUT2D eigenvalue weighted by Gasteiger charge is -2.31. The van der Waals surface area contributed by atoms with Crippen molar-refractivity contribution < 1.29 is 14.1 Å². The standard InChI is InChI=1S/C12H13NO3S/c14-12(15)9-6-17(16)10-5-7-3-1-2-4-8(7)11(10)13-9/h1-4,9-11,13H,5-6H2,(H,14,15). The van der Waals surface area contributed by atoms with Crippen LogP contribution >= 0.6 is 0 Å². The maximum absolute atomic E-state index is 12.1. The average Bonchev–Trinajstić information content (AvgIpc) is 2.68. The van der Waals surface area contributed by atoms with Gasteiger partial charge in [-0.15, -0.1) is 0 Å². The van der Waals surface area contributed by atoms with Gasteiger partial charge in [0.15, 0.2) is 0 Å². The Hall–Kier alpha value is -1.20. The monoisotopic (exact) mass is 251 g/mol. The van der Waals surface area contributed by atoms with Gasteiger partial charge in [-0.05, 0) is 17.5 Å². The summed E-state index contributed by atoms with van der Waals surface area (Å²) in [5.41, 5.74) is 2.30. The topological polar surface area (TPSA) is 66.4 Å². The molecule has 5 heteroatoms. The number of carboxylic acid groups (broad SMARTS) is 1. The third-order valence-corrected chi connectivity index (χ3v) is 5.31. The molecule has 1 heterocycles. The van der Waals surface area contributed by atoms with E-state index in [4.69, 9.17) is 5.11 Å². The molecule has 1 saturated heterocycles. The Bertz CT molecular complexity index is 502. The molecule has 2 N–H and O–H groups in total. The highest BCUT2D eigenvalue weighted by Gasteiger charge is 2.43. The van der Waals surface area contributed by atoms with Gasteiger partial charge in [-0.25, -0.2) is 0 Å². The van der Waals surface area contributed by atoms with E-state index in [2.05, 4.69) is 5.32 Å². The van der Waals surface area contributed by atoms with E-state index >= 15 is 0 Å². The van der Waals surface area contributed by atoms with E-state index in [-0.39, 0.29) is 17.0 Å². The normalized spacial score (nSPS) is 35.1. The molecule has 0 saturated carbocycles. The molecule has 17 heavy (non-hydrogen) atoms. The second kappa shape index (κ2) is 3.92. The molecule has 0 aromatic heterocycles. The minimum atomic E-state index is -1.07. The molecule has 0 bridgehead atoms. The van der Waals surface area contributed by atoms with Gasteiger partial charge >= 0.3 is 5.97 Å². The van der Waals surface area contributed by atoms with Crippen molar-refractivity contribution in [2.75, 3.05) is 5.75 Å². The molecule has 1 aliphatic heterocycles. The first kappa shape index (κ1) is 10.9. The van der Waals surface area contributed by atoms with Crippen molar-refractivity contribution in [3.05, 3.63) is 35.4 Å². The van der Waals surface area contributed by atoms with Crippen molar-refractivity contribution in [2.45, 2.75) is 23.8 Å². The molecule has 4 unspecified atom stereocenters. The summed E-state index contributed by atoms with van der Waals surface area (Å²) >= 11 is 0. The molecule has 0 amide bonds. The van der Waals surface area contributed by atoms with Crippen LogP contribution in [0.25, 0.3) is 0 Å². The fourth-order valence-electron chi connectivity index (χ4n) is 2.70. The minimum Gasteiger partial charge on any atom is -0.480 e. The van der Waals surface area contributed by atoms with E-state index in [9.17, 15) is 9.00 Å². The summed E-state index contributed by atoms with van der Waals surface area (Å²) in [5.74, 6) is -0.703. The Morgan fingerprint density at radius 1 is 1.41 bits per heavy atom. The molecule has 3 rings (SSSR count). The van der Waals surface area contributed by atoms with Crippen LogP contribution in [0, 0.1) is 0 Å². The van der Waals surface area contributed by atoms with Gasteiger partial charge in [-0.1, -0.05) is 24.3 Å². The number of rotatable bonds is 1. The minimum absolute atomic E-state index is 0.0306. The van der Waals surface area contributed by atoms with Gasteiger partial charge < -0.3 is 5.11 Å². The number of hydrogen-bond donors (Lipinski definition) is 2. The van der Waals surface area contributed by atoms with Crippen LogP contribution in [0.3, 0.4) is 0 Å². The van der Waals surface area contributed by atoms with Crippen molar-refractivity contribution >= 4 is 16.8 Å². The van der Waals surface area contributed by atoms with Gasteiger partial charge in [0.2, 0.25) is 0 Å². The number of carbonyl (C=O) groups is 1. The summed E-state index contributed by atoms with van der Waals surface area (Å²) < 4.78 is 12.1. The van der Waals surface area contributed by atoms with Crippen molar-refractivity contribution in [2.24, 2.45) is 0 Å². The van der Waals surface area contributed by atoms with Gasteiger partial charge in [-0.2, -0.15) is 0 Å². The van der Waals surface area contributed by atoms with Crippen LogP contribution in [0.1, 0.15) is 17.2 Å². The van der Waals surface area contributed by atoms with Crippen LogP contribution in [0.15, 0.2) is 24.3 Å². The molecule has 1 fully saturated rings. The van der Waals surface area contributed by atoms with Gasteiger partial charge in [-0.3, -0.25) is 14.3 Å². The number of benzene rings is 1. The van der Waals surface area contributed by atoms with Crippen LogP contribution in [-0.2, 0) is 22.0 Å². The van der Waals surface area contributed by atoms with Crippen LogP contribution in [0.4, 0.5) is 0 Å². The molecule has 2 aliphatic rings. The second-order valence-corrected chi connectivity index (χ2v) is 6.22. The fourth-order valence-corrected chi connectivity index (χ4v) is 4.40. The van der Waals surface area contributed by atoms with Crippen LogP contribution in [-0.4, -0.2) is 32.3 Å². The lowest BCUT2D eigenvalue weighted by Crippen LogP contribution is -2.52. The van der Waals surface area contributed by atoms with E-state index in [0.29, 0.717) is 0 Å². The number of hydrogen-bond acceptors (Lipinski definition) is 3. The second-order valence-electron chi connectivity index (χ2n) is 4.52. The molecule has 0 radical (unpaired) electrons. The SMILES string of the molecule is O=C(O)C1CS(=O)C2Cc3ccccc3C2N1. The highest BCUT2D eigenvalue weighted by Crippen LogP contribution is 2.37. The first-order valence-corrected chi connectivity index (χ1v) is 6.99. The summed E-state index contributed by atoms with van der Waals surface area (Å²) in [4.78, 5) is 11.0. The van der Waals surface area contributed by atoms with Crippen LogP contribution in [0.2, 0.25) is 0 Å². The van der Waals surface area contributed by atoms with Crippen molar-refractivity contribution in [1.82, 2.24) is 5.32 Å². The predicted octanol–water partition coefficient (Wildman–Crippen LogP) is 0.457. The van der Waals surface area contributed by atoms with Gasteiger partial charge in [0.25, 0.3) is 0 Å². The fraction of sp³-hybridized carbons (Fsp3) is 0.417. The molecule has 1 aliphatic carbocycles. The highest BCUT2D eigenvalue weighted by atomic mass is 32.2. The smallest absolute Gasteiger partial charge is 0.321 e. The van der Waals surface area contributed by atoms with E-state index in [1.54, 1.807) is 0 Å². The largest absolute Gasteiger partial charge is 0.480 e. The molecule has 1 aromatic rings. The quantitative estimate of drug-likeness (QED) is 0.761. The van der Waals surface area contributed by atoms with Gasteiger partial charge in [0.05, 0.1) is 11.0 Å². The zero-order chi connectivity index (χ0) is 12.0. The highest BCUT2D eigenvalue weighted by molar-refractivity contribution is 7.85. The van der Waals surface area contributed by atoms with E-state index < -0.39 is 22.8 Å². The number of aliphatic carboxylic acids is 1. The maximum atomic E-state index is 12.1. The summed E-state index contributed by atoms with van der Waals surface area (Å²) in [6.45, 7) is 0. The Kier molecular flexibility index (Phi) is 2.52. The predicted molar refractivity (Wildman–Crippen MR) is 64.2 cm³/mol. The van der Waals surface area contributed by atoms with Crippen molar-refractivity contribution in [1.29, 1.82) is 0 Å². The molecule has 4 nitrogen and oxygen atoms in total. The third kappa shape index (κ3) is 1.70. The first-order chi connectivity index (χ1) is 8.16. The Labute approximate surface area is 101 Å². The summed E-state index contributed by atoms with van der Waals surface area (Å²) in [7, 11) is -1.07. The number of fused-ring (bicyclic) bond motifs is 3. The zero-order valence-electron chi connectivity index (χ0n) is 9.13. The molecular weight excluding hydrogens is 238 g/mol. The third-order valence-electron chi connectivity index (χ3n) is 3.53. The summed E-state index contributed by atoms with van der Waals surface area (Å²) in [6, 6.07) is 7.17. The van der Waals surface area contributed by atoms with E-state index in [1.807, 2.05) is 24.3 Å². The van der Waals surface area contributed by atoms with Crippen molar-refractivity contribution in [3.8, 4) is 0 Å².